The Balaban J connectivity index is 2.02. The Bertz CT molecular complexity index is 952. The predicted molar refractivity (Wildman–Crippen MR) is 93.6 cm³/mol. The van der Waals surface area contributed by atoms with Gasteiger partial charge in [0.2, 0.25) is 0 Å². The van der Waals surface area contributed by atoms with Crippen LogP contribution in [0.5, 0.6) is 5.75 Å². The van der Waals surface area contributed by atoms with Crippen LogP contribution in [-0.4, -0.2) is 15.1 Å². The molecule has 0 N–H and O–H groups in total. The van der Waals surface area contributed by atoms with E-state index in [1.165, 1.54) is 18.2 Å². The largest absolute Gasteiger partial charge is 0.482 e. The van der Waals surface area contributed by atoms with Crippen LogP contribution in [0.1, 0.15) is 38.2 Å². The Kier molecular flexibility index (Phi) is 3.49. The Hall–Kier alpha value is -2.89. The maximum atomic E-state index is 12.5. The standard InChI is InChI=1S/C19H18N2O4/c1-13-18(20-11-5-2-6-17(20)22)15-12-14(21(23)24)7-8-16(15)25-19(13)9-3-4-10-19/h2,5-8,11-12H,3-4,9-10H2,1H3. The lowest BCUT2D eigenvalue weighted by atomic mass is 9.86. The third-order valence-electron chi connectivity index (χ3n) is 5.25. The summed E-state index contributed by atoms with van der Waals surface area (Å²) < 4.78 is 7.89. The van der Waals surface area contributed by atoms with Crippen molar-refractivity contribution in [2.24, 2.45) is 0 Å². The highest BCUT2D eigenvalue weighted by Crippen LogP contribution is 2.48. The van der Waals surface area contributed by atoms with E-state index < -0.39 is 10.5 Å². The lowest BCUT2D eigenvalue weighted by Gasteiger charge is -2.38. The van der Waals surface area contributed by atoms with E-state index in [0.29, 0.717) is 17.0 Å². The Morgan fingerprint density at radius 2 is 1.96 bits per heavy atom. The van der Waals surface area contributed by atoms with Crippen LogP contribution in [0.4, 0.5) is 5.69 Å². The molecular weight excluding hydrogens is 320 g/mol. The number of hydrogen-bond acceptors (Lipinski definition) is 4. The number of pyridine rings is 1. The quantitative estimate of drug-likeness (QED) is 0.617. The minimum Gasteiger partial charge on any atom is -0.482 e. The van der Waals surface area contributed by atoms with Crippen LogP contribution >= 0.6 is 0 Å². The van der Waals surface area contributed by atoms with Crippen LogP contribution in [0.25, 0.3) is 5.70 Å². The molecule has 1 fully saturated rings. The molecule has 1 saturated carbocycles. The first-order valence-electron chi connectivity index (χ1n) is 8.39. The molecule has 1 aliphatic carbocycles. The van der Waals surface area contributed by atoms with Crippen molar-refractivity contribution in [3.8, 4) is 5.75 Å². The minimum atomic E-state index is -0.430. The van der Waals surface area contributed by atoms with Crippen molar-refractivity contribution in [1.82, 2.24) is 4.57 Å². The molecule has 1 aliphatic heterocycles. The highest BCUT2D eigenvalue weighted by molar-refractivity contribution is 5.78. The fraction of sp³-hybridized carbons (Fsp3) is 0.316. The molecule has 128 valence electrons. The summed E-state index contributed by atoms with van der Waals surface area (Å²) in [7, 11) is 0. The van der Waals surface area contributed by atoms with Gasteiger partial charge in [0.05, 0.1) is 10.6 Å². The van der Waals surface area contributed by atoms with E-state index in [9.17, 15) is 14.9 Å². The summed E-state index contributed by atoms with van der Waals surface area (Å²) in [5, 5.41) is 11.2. The number of nitro groups is 1. The maximum Gasteiger partial charge on any atom is 0.270 e. The first-order chi connectivity index (χ1) is 12.0. The van der Waals surface area contributed by atoms with Gasteiger partial charge in [-0.15, -0.1) is 0 Å². The van der Waals surface area contributed by atoms with Crippen LogP contribution in [0.2, 0.25) is 0 Å². The third-order valence-corrected chi connectivity index (χ3v) is 5.25. The van der Waals surface area contributed by atoms with E-state index in [4.69, 9.17) is 4.74 Å². The van der Waals surface area contributed by atoms with Gasteiger partial charge in [-0.2, -0.15) is 0 Å². The molecule has 1 aromatic heterocycles. The Morgan fingerprint density at radius 3 is 2.64 bits per heavy atom. The van der Waals surface area contributed by atoms with Crippen molar-refractivity contribution < 1.29 is 9.66 Å². The van der Waals surface area contributed by atoms with Crippen LogP contribution in [0.15, 0.2) is 53.0 Å². The van der Waals surface area contributed by atoms with E-state index in [1.54, 1.807) is 29.0 Å². The Morgan fingerprint density at radius 1 is 1.20 bits per heavy atom. The summed E-state index contributed by atoms with van der Waals surface area (Å²) in [6, 6.07) is 9.56. The molecule has 0 amide bonds. The number of fused-ring (bicyclic) bond motifs is 1. The number of aromatic nitrogens is 1. The van der Waals surface area contributed by atoms with Crippen LogP contribution in [-0.2, 0) is 0 Å². The van der Waals surface area contributed by atoms with Gasteiger partial charge in [-0.25, -0.2) is 0 Å². The van der Waals surface area contributed by atoms with Gasteiger partial charge in [0.25, 0.3) is 11.2 Å². The molecule has 0 bridgehead atoms. The van der Waals surface area contributed by atoms with Crippen molar-refractivity contribution in [1.29, 1.82) is 0 Å². The first-order valence-corrected chi connectivity index (χ1v) is 8.39. The number of nitrogens with zero attached hydrogens (tertiary/aromatic N) is 2. The van der Waals surface area contributed by atoms with Crippen molar-refractivity contribution >= 4 is 11.4 Å². The molecular formula is C19H18N2O4. The van der Waals surface area contributed by atoms with Crippen molar-refractivity contribution in [3.05, 3.63) is 74.2 Å². The van der Waals surface area contributed by atoms with Crippen LogP contribution in [0, 0.1) is 10.1 Å². The van der Waals surface area contributed by atoms with E-state index in [1.807, 2.05) is 6.92 Å². The SMILES string of the molecule is CC1=C(n2ccccc2=O)c2cc([N+](=O)[O-])ccc2OC12CCCC2. The Labute approximate surface area is 144 Å². The summed E-state index contributed by atoms with van der Waals surface area (Å²) in [6.45, 7) is 1.97. The van der Waals surface area contributed by atoms with E-state index in [0.717, 1.165) is 31.3 Å². The van der Waals surface area contributed by atoms with Crippen molar-refractivity contribution in [2.45, 2.75) is 38.2 Å². The highest BCUT2D eigenvalue weighted by Gasteiger charge is 2.43. The maximum absolute atomic E-state index is 12.5. The molecule has 2 aromatic rings. The molecule has 6 nitrogen and oxygen atoms in total. The summed E-state index contributed by atoms with van der Waals surface area (Å²) >= 11 is 0. The second kappa shape index (κ2) is 5.58. The second-order valence-electron chi connectivity index (χ2n) is 6.62. The van der Waals surface area contributed by atoms with Crippen LogP contribution in [0.3, 0.4) is 0 Å². The minimum absolute atomic E-state index is 0.0148. The van der Waals surface area contributed by atoms with Crippen molar-refractivity contribution in [2.75, 3.05) is 0 Å². The second-order valence-corrected chi connectivity index (χ2v) is 6.62. The molecule has 0 radical (unpaired) electrons. The normalized spacial score (nSPS) is 18.1. The fourth-order valence-corrected chi connectivity index (χ4v) is 3.96. The van der Waals surface area contributed by atoms with Gasteiger partial charge in [-0.1, -0.05) is 6.07 Å². The number of non-ortho nitro benzene ring substituents is 1. The van der Waals surface area contributed by atoms with Gasteiger partial charge >= 0.3 is 0 Å². The molecule has 0 saturated heterocycles. The van der Waals surface area contributed by atoms with Crippen LogP contribution < -0.4 is 10.3 Å². The monoisotopic (exact) mass is 338 g/mol. The zero-order valence-corrected chi connectivity index (χ0v) is 13.9. The zero-order valence-electron chi connectivity index (χ0n) is 13.9. The summed E-state index contributed by atoms with van der Waals surface area (Å²) in [5.74, 6) is 0.601. The number of hydrogen-bond donors (Lipinski definition) is 0. The van der Waals surface area contributed by atoms with Crippen molar-refractivity contribution in [3.63, 3.8) is 0 Å². The van der Waals surface area contributed by atoms with E-state index >= 15 is 0 Å². The molecule has 0 unspecified atom stereocenters. The van der Waals surface area contributed by atoms with Gasteiger partial charge < -0.3 is 4.74 Å². The molecule has 2 aliphatic rings. The number of nitro benzene ring substituents is 1. The predicted octanol–water partition coefficient (Wildman–Crippen LogP) is 3.74. The van der Waals surface area contributed by atoms with Gasteiger partial charge in [0.15, 0.2) is 0 Å². The number of benzene rings is 1. The average Bonchev–Trinajstić information content (AvgIpc) is 3.06. The molecule has 6 heteroatoms. The van der Waals surface area contributed by atoms with E-state index in [-0.39, 0.29) is 11.2 Å². The topological polar surface area (TPSA) is 74.4 Å². The summed E-state index contributed by atoms with van der Waals surface area (Å²) in [4.78, 5) is 23.2. The third kappa shape index (κ3) is 2.36. The summed E-state index contributed by atoms with van der Waals surface area (Å²) in [5.41, 5.74) is 1.66. The number of ether oxygens (including phenoxy) is 1. The van der Waals surface area contributed by atoms with Gasteiger partial charge in [0, 0.05) is 30.0 Å². The molecule has 0 atom stereocenters. The first kappa shape index (κ1) is 15.6. The molecule has 4 rings (SSSR count). The highest BCUT2D eigenvalue weighted by atomic mass is 16.6. The van der Waals surface area contributed by atoms with E-state index in [2.05, 4.69) is 0 Å². The zero-order chi connectivity index (χ0) is 17.6. The molecule has 2 heterocycles. The fourth-order valence-electron chi connectivity index (χ4n) is 3.96. The molecule has 1 spiro atoms. The lowest BCUT2D eigenvalue weighted by Crippen LogP contribution is -2.39. The van der Waals surface area contributed by atoms with Gasteiger partial charge in [-0.3, -0.25) is 19.5 Å². The number of rotatable bonds is 2. The average molecular weight is 338 g/mol. The molecule has 25 heavy (non-hydrogen) atoms. The lowest BCUT2D eigenvalue weighted by molar-refractivity contribution is -0.384. The summed E-state index contributed by atoms with van der Waals surface area (Å²) in [6.07, 6.45) is 5.62. The van der Waals surface area contributed by atoms with Gasteiger partial charge in [-0.05, 0) is 50.3 Å². The smallest absolute Gasteiger partial charge is 0.270 e. The molecule has 1 aromatic carbocycles. The van der Waals surface area contributed by atoms with Gasteiger partial charge in [0.1, 0.15) is 11.4 Å².